The maximum atomic E-state index is 5.30. The third-order valence-electron chi connectivity index (χ3n) is 0. The number of rotatable bonds is 0. The van der Waals surface area contributed by atoms with Gasteiger partial charge in [-0.1, -0.05) is 0 Å². The molecule has 0 atom stereocenters. The molecule has 0 saturated heterocycles. The SMILES string of the molecule is [Cl][Tc]([Cl])([Cl])[SbH2]. The van der Waals surface area contributed by atoms with Crippen LogP contribution in [0.3, 0.4) is 0 Å². The zero-order valence-electron chi connectivity index (χ0n) is 2.09. The van der Waals surface area contributed by atoms with E-state index in [9.17, 15) is 0 Å². The van der Waals surface area contributed by atoms with E-state index in [-0.39, 0.29) is 0 Å². The molecular formula is H2Cl3SbTc. The van der Waals surface area contributed by atoms with Gasteiger partial charge in [-0.3, -0.25) is 0 Å². The molecule has 0 radical (unpaired) electrons. The Morgan fingerprint density at radius 2 is 1.20 bits per heavy atom. The Kier molecular flexibility index (Phi) is 3.81. The van der Waals surface area contributed by atoms with Crippen molar-refractivity contribution in [1.29, 1.82) is 0 Å². The van der Waals surface area contributed by atoms with Gasteiger partial charge in [-0.2, -0.15) is 0 Å². The van der Waals surface area contributed by atoms with Gasteiger partial charge >= 0.3 is 57.3 Å². The van der Waals surface area contributed by atoms with Crippen LogP contribution in [-0.4, -0.2) is 20.0 Å². The minimum absolute atomic E-state index is 0.840. The average Bonchev–Trinajstić information content (AvgIpc) is 0.722. The van der Waals surface area contributed by atoms with Crippen LogP contribution in [0.4, 0.5) is 0 Å². The van der Waals surface area contributed by atoms with Gasteiger partial charge in [0.05, 0.1) is 0 Å². The van der Waals surface area contributed by atoms with Crippen molar-refractivity contribution in [2.45, 2.75) is 0 Å². The van der Waals surface area contributed by atoms with E-state index in [0.717, 1.165) is 20.0 Å². The van der Waals surface area contributed by atoms with E-state index in [2.05, 4.69) is 0 Å². The monoisotopic (exact) mass is 325 g/mol. The summed E-state index contributed by atoms with van der Waals surface area (Å²) < 4.78 is 0. The van der Waals surface area contributed by atoms with Crippen molar-refractivity contribution in [2.24, 2.45) is 0 Å². The van der Waals surface area contributed by atoms with Crippen molar-refractivity contribution in [3.63, 3.8) is 0 Å². The summed E-state index contributed by atoms with van der Waals surface area (Å²) in [5, 5.41) is 0. The molecule has 5 heteroatoms. The first-order valence-corrected chi connectivity index (χ1v) is 16.3. The fourth-order valence-electron chi connectivity index (χ4n) is 0. The Morgan fingerprint density at radius 3 is 1.20 bits per heavy atom. The summed E-state index contributed by atoms with van der Waals surface area (Å²) in [4.78, 5) is 0. The molecule has 35 valence electrons. The Balaban J connectivity index is 3.02. The van der Waals surface area contributed by atoms with Crippen LogP contribution >= 0.6 is 28.8 Å². The second-order valence-electron chi connectivity index (χ2n) is 0.409. The summed E-state index contributed by atoms with van der Waals surface area (Å²) in [7, 11) is 13.5. The van der Waals surface area contributed by atoms with Crippen molar-refractivity contribution >= 4 is 48.7 Å². The first-order valence-electron chi connectivity index (χ1n) is 0.647. The van der Waals surface area contributed by atoms with Crippen LogP contribution in [0, 0.1) is 0 Å². The molecular weight excluding hydrogens is 326 g/mol. The van der Waals surface area contributed by atoms with Crippen molar-refractivity contribution in [2.75, 3.05) is 0 Å². The van der Waals surface area contributed by atoms with E-state index < -0.39 is 8.56 Å². The quantitative estimate of drug-likeness (QED) is 0.586. The fourth-order valence-corrected chi connectivity index (χ4v) is 0. The summed E-state index contributed by atoms with van der Waals surface area (Å²) in [5.41, 5.74) is 0. The van der Waals surface area contributed by atoms with Gasteiger partial charge in [-0.05, 0) is 0 Å². The van der Waals surface area contributed by atoms with Crippen molar-refractivity contribution in [3.05, 3.63) is 0 Å². The number of hydrogen-bond donors (Lipinski definition) is 0. The molecule has 0 heterocycles. The Morgan fingerprint density at radius 1 is 1.20 bits per heavy atom. The molecule has 0 unspecified atom stereocenters. The van der Waals surface area contributed by atoms with E-state index in [1.54, 1.807) is 0 Å². The van der Waals surface area contributed by atoms with Gasteiger partial charge in [0, 0.05) is 0 Å². The zero-order valence-corrected chi connectivity index (χ0v) is 9.51. The van der Waals surface area contributed by atoms with Crippen LogP contribution < -0.4 is 0 Å². The van der Waals surface area contributed by atoms with Crippen LogP contribution in [0.1, 0.15) is 0 Å². The summed E-state index contributed by atoms with van der Waals surface area (Å²) in [6.07, 6.45) is 0. The van der Waals surface area contributed by atoms with Crippen molar-refractivity contribution in [1.82, 2.24) is 0 Å². The summed E-state index contributed by atoms with van der Waals surface area (Å²) in [5.74, 6) is 0. The Bertz CT molecular complexity index is 22.4. The average molecular weight is 328 g/mol. The standard InChI is InChI=1S/3ClH.Sb.Tc.2H/h3*1H;;;;/q;;;;+3;;/p-3. The van der Waals surface area contributed by atoms with Crippen molar-refractivity contribution in [3.8, 4) is 0 Å². The third-order valence-corrected chi connectivity index (χ3v) is 0. The van der Waals surface area contributed by atoms with Crippen LogP contribution in [0.25, 0.3) is 0 Å². The van der Waals surface area contributed by atoms with E-state index in [1.165, 1.54) is 0 Å². The van der Waals surface area contributed by atoms with Gasteiger partial charge in [-0.15, -0.1) is 0 Å². The van der Waals surface area contributed by atoms with E-state index in [0.29, 0.717) is 0 Å². The maximum absolute atomic E-state index is 5.30. The third kappa shape index (κ3) is 21.8. The van der Waals surface area contributed by atoms with E-state index in [4.69, 9.17) is 28.8 Å². The fraction of sp³-hybridized carbons (Fsp3) is 0. The van der Waals surface area contributed by atoms with Gasteiger partial charge in [0.25, 0.3) is 0 Å². The normalized spacial score (nSPS) is 15.2. The molecule has 0 aromatic carbocycles. The molecule has 0 bridgehead atoms. The topological polar surface area (TPSA) is 0 Å². The van der Waals surface area contributed by atoms with Gasteiger partial charge < -0.3 is 0 Å². The van der Waals surface area contributed by atoms with Gasteiger partial charge in [0.15, 0.2) is 0 Å². The summed E-state index contributed by atoms with van der Waals surface area (Å²) in [6, 6.07) is 0. The van der Waals surface area contributed by atoms with Gasteiger partial charge in [-0.25, -0.2) is 0 Å². The molecule has 0 amide bonds. The number of hydrogen-bond acceptors (Lipinski definition) is 0. The Hall–Kier alpha value is 2.34. The molecule has 0 nitrogen and oxygen atoms in total. The molecule has 0 N–H and O–H groups in total. The van der Waals surface area contributed by atoms with Gasteiger partial charge in [0.1, 0.15) is 0 Å². The van der Waals surface area contributed by atoms with E-state index in [1.807, 2.05) is 0 Å². The molecule has 5 heavy (non-hydrogen) atoms. The molecule has 0 saturated carbocycles. The molecule has 0 spiro atoms. The molecule has 0 aliphatic rings. The molecule has 0 fully saturated rings. The van der Waals surface area contributed by atoms with E-state index >= 15 is 0 Å². The molecule has 0 aliphatic heterocycles. The Labute approximate surface area is 56.4 Å². The van der Waals surface area contributed by atoms with Crippen LogP contribution in [0.15, 0.2) is 0 Å². The minimum atomic E-state index is -2.39. The van der Waals surface area contributed by atoms with Crippen LogP contribution in [0.2, 0.25) is 0 Å². The molecule has 0 aromatic rings. The second-order valence-corrected chi connectivity index (χ2v) is 38.1. The first-order chi connectivity index (χ1) is 2.00. The number of halogens is 3. The van der Waals surface area contributed by atoms with Gasteiger partial charge in [0.2, 0.25) is 0 Å². The predicted molar refractivity (Wildman–Crippen MR) is 26.1 cm³/mol. The molecule has 0 aromatic heterocycles. The summed E-state index contributed by atoms with van der Waals surface area (Å²) in [6.45, 7) is 0. The van der Waals surface area contributed by atoms with Crippen LogP contribution in [0.5, 0.6) is 0 Å². The zero-order chi connectivity index (χ0) is 4.50. The predicted octanol–water partition coefficient (Wildman–Crippen LogP) is 1.15. The molecule has 0 rings (SSSR count). The summed E-state index contributed by atoms with van der Waals surface area (Å²) >= 11 is 0.840. The molecule has 0 aliphatic carbocycles. The van der Waals surface area contributed by atoms with Crippen LogP contribution in [-0.2, 0) is 8.56 Å². The van der Waals surface area contributed by atoms with Crippen molar-refractivity contribution < 1.29 is 8.56 Å². The second kappa shape index (κ2) is 2.60. The first kappa shape index (κ1) is 7.34.